The fraction of sp³-hybridized carbons (Fsp3) is 0.467. The summed E-state index contributed by atoms with van der Waals surface area (Å²) >= 11 is 1.07. The van der Waals surface area contributed by atoms with Crippen molar-refractivity contribution in [2.75, 3.05) is 13.2 Å². The molecule has 0 radical (unpaired) electrons. The zero-order valence-electron chi connectivity index (χ0n) is 13.5. The van der Waals surface area contributed by atoms with E-state index in [1.165, 1.54) is 0 Å². The van der Waals surface area contributed by atoms with Crippen LogP contribution in [-0.4, -0.2) is 29.2 Å². The highest BCUT2D eigenvalue weighted by atomic mass is 32.7. The van der Waals surface area contributed by atoms with Crippen molar-refractivity contribution in [2.24, 2.45) is 0 Å². The molecule has 0 heterocycles. The van der Waals surface area contributed by atoms with Gasteiger partial charge in [-0.3, -0.25) is 4.57 Å². The molecule has 0 fully saturated rings. The zero-order valence-corrected chi connectivity index (χ0v) is 15.2. The van der Waals surface area contributed by atoms with Crippen LogP contribution in [0.2, 0.25) is 0 Å². The maximum atomic E-state index is 13.1. The van der Waals surface area contributed by atoms with Gasteiger partial charge in [0.05, 0.1) is 12.7 Å². The Labute approximate surface area is 141 Å². The van der Waals surface area contributed by atoms with Gasteiger partial charge in [-0.2, -0.15) is 5.26 Å². The molecule has 0 saturated heterocycles. The summed E-state index contributed by atoms with van der Waals surface area (Å²) in [5.41, 5.74) is 0. The lowest BCUT2D eigenvalue weighted by atomic mass is 10.3. The van der Waals surface area contributed by atoms with Crippen LogP contribution in [0.4, 0.5) is 4.79 Å². The Morgan fingerprint density at radius 3 is 2.57 bits per heavy atom. The number of para-hydroxylation sites is 1. The Morgan fingerprint density at radius 2 is 2.04 bits per heavy atom. The molecule has 2 atom stereocenters. The number of nitrogens with zero attached hydrogens (tertiary/aromatic N) is 2. The molecule has 1 rings (SSSR count). The van der Waals surface area contributed by atoms with Gasteiger partial charge >= 0.3 is 12.8 Å². The van der Waals surface area contributed by atoms with Gasteiger partial charge in [0.25, 0.3) is 0 Å². The number of hydrogen-bond acceptors (Lipinski definition) is 6. The standard InChI is InChI=1S/C15H21N2O4PS/c1-4-13(3)23-22(19,20-5-2)17(12-11-16)15(18)21-14-9-7-6-8-10-14/h6-10,13H,4-5,12H2,1-3H3. The molecule has 0 aliphatic heterocycles. The summed E-state index contributed by atoms with van der Waals surface area (Å²) in [6.07, 6.45) is -0.0964. The van der Waals surface area contributed by atoms with E-state index in [1.807, 2.05) is 19.9 Å². The van der Waals surface area contributed by atoms with Crippen LogP contribution in [0, 0.1) is 11.3 Å². The second-order valence-electron chi connectivity index (χ2n) is 4.61. The third-order valence-electron chi connectivity index (χ3n) is 2.86. The van der Waals surface area contributed by atoms with E-state index in [2.05, 4.69) is 0 Å². The van der Waals surface area contributed by atoms with Crippen LogP contribution in [0.15, 0.2) is 30.3 Å². The molecule has 0 N–H and O–H groups in total. The minimum Gasteiger partial charge on any atom is -0.410 e. The Kier molecular flexibility index (Phi) is 8.18. The number of amides is 1. The van der Waals surface area contributed by atoms with Gasteiger partial charge in [0.15, 0.2) is 0 Å². The van der Waals surface area contributed by atoms with E-state index in [-0.39, 0.29) is 18.4 Å². The predicted molar refractivity (Wildman–Crippen MR) is 91.4 cm³/mol. The highest BCUT2D eigenvalue weighted by molar-refractivity contribution is 8.56. The number of carbonyl (C=O) groups is 1. The molecule has 1 amide bonds. The molecule has 0 aliphatic rings. The molecular formula is C15H21N2O4PS. The summed E-state index contributed by atoms with van der Waals surface area (Å²) in [6.45, 7) is 1.77. The Morgan fingerprint density at radius 1 is 1.39 bits per heavy atom. The molecule has 2 unspecified atom stereocenters. The summed E-state index contributed by atoms with van der Waals surface area (Å²) in [6, 6.07) is 10.3. The van der Waals surface area contributed by atoms with Crippen LogP contribution >= 0.6 is 18.1 Å². The van der Waals surface area contributed by atoms with Gasteiger partial charge in [-0.1, -0.05) is 32.0 Å². The van der Waals surface area contributed by atoms with Crippen LogP contribution < -0.4 is 4.74 Å². The topological polar surface area (TPSA) is 79.6 Å². The first-order chi connectivity index (χ1) is 11.0. The quantitative estimate of drug-likeness (QED) is 0.497. The average Bonchev–Trinajstić information content (AvgIpc) is 2.53. The lowest BCUT2D eigenvalue weighted by Gasteiger charge is -2.29. The summed E-state index contributed by atoms with van der Waals surface area (Å²) in [5, 5.41) is 9.00. The normalized spacial score (nSPS) is 14.3. The van der Waals surface area contributed by atoms with E-state index in [0.717, 1.165) is 22.5 Å². The van der Waals surface area contributed by atoms with E-state index < -0.39 is 12.8 Å². The fourth-order valence-corrected chi connectivity index (χ4v) is 6.33. The highest BCUT2D eigenvalue weighted by Crippen LogP contribution is 2.64. The molecule has 6 nitrogen and oxygen atoms in total. The van der Waals surface area contributed by atoms with Crippen molar-refractivity contribution >= 4 is 24.2 Å². The van der Waals surface area contributed by atoms with Crippen LogP contribution in [0.25, 0.3) is 0 Å². The van der Waals surface area contributed by atoms with Crippen molar-refractivity contribution in [3.8, 4) is 11.8 Å². The van der Waals surface area contributed by atoms with Gasteiger partial charge in [0.1, 0.15) is 12.3 Å². The second kappa shape index (κ2) is 9.61. The number of ether oxygens (including phenoxy) is 1. The van der Waals surface area contributed by atoms with Gasteiger partial charge in [-0.25, -0.2) is 9.46 Å². The molecule has 0 bridgehead atoms. The van der Waals surface area contributed by atoms with Gasteiger partial charge in [-0.05, 0) is 36.9 Å². The van der Waals surface area contributed by atoms with E-state index in [9.17, 15) is 9.36 Å². The highest BCUT2D eigenvalue weighted by Gasteiger charge is 2.39. The maximum Gasteiger partial charge on any atom is 0.424 e. The Bertz CT molecular complexity index is 591. The van der Waals surface area contributed by atoms with Gasteiger partial charge in [0, 0.05) is 5.25 Å². The van der Waals surface area contributed by atoms with E-state index in [0.29, 0.717) is 5.75 Å². The first-order valence-electron chi connectivity index (χ1n) is 7.31. The van der Waals surface area contributed by atoms with Crippen molar-refractivity contribution in [1.82, 2.24) is 4.67 Å². The number of nitriles is 1. The first-order valence-corrected chi connectivity index (χ1v) is 10.4. The summed E-state index contributed by atoms with van der Waals surface area (Å²) < 4.78 is 24.6. The first kappa shape index (κ1) is 19.6. The van der Waals surface area contributed by atoms with Crippen molar-refractivity contribution < 1.29 is 18.6 Å². The number of benzene rings is 1. The Hall–Kier alpha value is -1.48. The van der Waals surface area contributed by atoms with Crippen LogP contribution in [0.1, 0.15) is 27.2 Å². The third-order valence-corrected chi connectivity index (χ3v) is 8.08. The van der Waals surface area contributed by atoms with E-state index >= 15 is 0 Å². The molecule has 0 aromatic heterocycles. The number of carbonyl (C=O) groups excluding carboxylic acids is 1. The van der Waals surface area contributed by atoms with Crippen molar-refractivity contribution in [1.29, 1.82) is 5.26 Å². The second-order valence-corrected chi connectivity index (χ2v) is 9.32. The third kappa shape index (κ3) is 5.91. The minimum absolute atomic E-state index is 0.0121. The predicted octanol–water partition coefficient (Wildman–Crippen LogP) is 4.69. The summed E-state index contributed by atoms with van der Waals surface area (Å²) in [7, 11) is 0. The zero-order chi connectivity index (χ0) is 17.3. The Balaban J connectivity index is 3.02. The van der Waals surface area contributed by atoms with Crippen molar-refractivity contribution in [2.45, 2.75) is 32.4 Å². The lowest BCUT2D eigenvalue weighted by molar-refractivity contribution is 0.176. The molecule has 0 aliphatic carbocycles. The minimum atomic E-state index is -3.56. The molecule has 1 aromatic rings. The van der Waals surface area contributed by atoms with Crippen LogP contribution in [0.5, 0.6) is 5.75 Å². The van der Waals surface area contributed by atoms with Crippen LogP contribution in [0.3, 0.4) is 0 Å². The van der Waals surface area contributed by atoms with Crippen molar-refractivity contribution in [3.05, 3.63) is 30.3 Å². The maximum absolute atomic E-state index is 13.1. The molecule has 1 aromatic carbocycles. The van der Waals surface area contributed by atoms with E-state index in [1.54, 1.807) is 37.3 Å². The summed E-state index contributed by atoms with van der Waals surface area (Å²) in [5.74, 6) is 0.317. The van der Waals surface area contributed by atoms with Gasteiger partial charge in [-0.15, -0.1) is 0 Å². The monoisotopic (exact) mass is 356 g/mol. The SMILES string of the molecule is CCOP(=O)(SC(C)CC)N(CC#N)C(=O)Oc1ccccc1. The smallest absolute Gasteiger partial charge is 0.410 e. The molecular weight excluding hydrogens is 335 g/mol. The molecule has 126 valence electrons. The van der Waals surface area contributed by atoms with Gasteiger partial charge < -0.3 is 9.26 Å². The van der Waals surface area contributed by atoms with Crippen LogP contribution in [-0.2, 0) is 9.09 Å². The largest absolute Gasteiger partial charge is 0.424 e. The molecule has 8 heteroatoms. The van der Waals surface area contributed by atoms with E-state index in [4.69, 9.17) is 14.5 Å². The number of rotatable bonds is 8. The van der Waals surface area contributed by atoms with Crippen molar-refractivity contribution in [3.63, 3.8) is 0 Å². The number of hydrogen-bond donors (Lipinski definition) is 0. The summed E-state index contributed by atoms with van der Waals surface area (Å²) in [4.78, 5) is 12.4. The fourth-order valence-electron chi connectivity index (χ4n) is 1.58. The molecule has 0 saturated carbocycles. The average molecular weight is 356 g/mol. The molecule has 0 spiro atoms. The van der Waals surface area contributed by atoms with Gasteiger partial charge in [0.2, 0.25) is 0 Å². The lowest BCUT2D eigenvalue weighted by Crippen LogP contribution is -2.31. The molecule has 23 heavy (non-hydrogen) atoms.